The minimum atomic E-state index is -0.879. The number of methoxy groups -OCH3 is 1. The Labute approximate surface area is 194 Å². The predicted molar refractivity (Wildman–Crippen MR) is 128 cm³/mol. The summed E-state index contributed by atoms with van der Waals surface area (Å²) in [5.41, 5.74) is 2.18. The zero-order valence-corrected chi connectivity index (χ0v) is 18.8. The Hall–Kier alpha value is -3.22. The average molecular weight is 447 g/mol. The molecule has 3 aromatic rings. The monoisotopic (exact) mass is 446 g/mol. The molecule has 4 heterocycles. The fourth-order valence-corrected chi connectivity index (χ4v) is 5.03. The number of rotatable bonds is 5. The third kappa shape index (κ3) is 4.92. The summed E-state index contributed by atoms with van der Waals surface area (Å²) in [7, 11) is 1.66. The summed E-state index contributed by atoms with van der Waals surface area (Å²) in [6.07, 6.45) is 5.62. The van der Waals surface area contributed by atoms with Gasteiger partial charge >= 0.3 is 5.97 Å². The highest BCUT2D eigenvalue weighted by Gasteiger charge is 2.42. The highest BCUT2D eigenvalue weighted by atomic mass is 16.5. The summed E-state index contributed by atoms with van der Waals surface area (Å²) in [4.78, 5) is 17.1. The molecule has 0 unspecified atom stereocenters. The van der Waals surface area contributed by atoms with Crippen molar-refractivity contribution < 1.29 is 19.7 Å². The highest BCUT2D eigenvalue weighted by molar-refractivity contribution is 5.87. The molecule has 0 aliphatic carbocycles. The number of aliphatic hydroxyl groups excluding tert-OH is 1. The number of carboxylic acids is 1. The van der Waals surface area contributed by atoms with Crippen molar-refractivity contribution in [1.29, 1.82) is 0 Å². The summed E-state index contributed by atoms with van der Waals surface area (Å²) in [6, 6.07) is 16.3. The van der Waals surface area contributed by atoms with Gasteiger partial charge in [0, 0.05) is 24.2 Å². The van der Waals surface area contributed by atoms with Gasteiger partial charge in [0.05, 0.1) is 24.3 Å². The van der Waals surface area contributed by atoms with Crippen molar-refractivity contribution >= 4 is 16.9 Å². The Kier molecular flexibility index (Phi) is 7.06. The van der Waals surface area contributed by atoms with Crippen LogP contribution < -0.4 is 4.74 Å². The zero-order chi connectivity index (χ0) is 23.4. The van der Waals surface area contributed by atoms with E-state index in [-0.39, 0.29) is 6.04 Å². The Morgan fingerprint density at radius 3 is 2.64 bits per heavy atom. The first-order valence-electron chi connectivity index (χ1n) is 11.3. The van der Waals surface area contributed by atoms with E-state index in [1.165, 1.54) is 6.42 Å². The number of aromatic nitrogens is 1. The third-order valence-electron chi connectivity index (χ3n) is 6.84. The first kappa shape index (κ1) is 23.0. The molecular weight excluding hydrogens is 416 g/mol. The molecule has 6 nitrogen and oxygen atoms in total. The number of hydrogen-bond acceptors (Lipinski definition) is 5. The summed E-state index contributed by atoms with van der Waals surface area (Å²) in [6.45, 7) is 6.07. The van der Waals surface area contributed by atoms with E-state index in [0.717, 1.165) is 41.7 Å². The number of hydrogen-bond donors (Lipinski definition) is 2. The van der Waals surface area contributed by atoms with Crippen molar-refractivity contribution in [3.8, 4) is 5.75 Å². The molecule has 0 amide bonds. The fourth-order valence-electron chi connectivity index (χ4n) is 5.03. The number of fused-ring (bicyclic) bond motifs is 4. The number of nitrogens with zero attached hydrogens (tertiary/aromatic N) is 2. The molecule has 2 aromatic carbocycles. The van der Waals surface area contributed by atoms with Crippen LogP contribution in [0, 0.1) is 11.8 Å². The zero-order valence-electron chi connectivity index (χ0n) is 18.8. The lowest BCUT2D eigenvalue weighted by Crippen LogP contribution is -2.54. The maximum atomic E-state index is 11.2. The third-order valence-corrected chi connectivity index (χ3v) is 6.84. The van der Waals surface area contributed by atoms with Crippen LogP contribution in [0.25, 0.3) is 10.9 Å². The van der Waals surface area contributed by atoms with Gasteiger partial charge in [0.1, 0.15) is 5.75 Å². The smallest absolute Gasteiger partial charge is 0.335 e. The van der Waals surface area contributed by atoms with Crippen LogP contribution >= 0.6 is 0 Å². The molecule has 3 fully saturated rings. The molecule has 3 aliphatic rings. The molecule has 0 radical (unpaired) electrons. The van der Waals surface area contributed by atoms with Crippen molar-refractivity contribution in [2.75, 3.05) is 20.2 Å². The largest absolute Gasteiger partial charge is 0.497 e. The van der Waals surface area contributed by atoms with E-state index >= 15 is 0 Å². The number of piperidine rings is 3. The number of aromatic carboxylic acids is 1. The van der Waals surface area contributed by atoms with E-state index < -0.39 is 12.1 Å². The second-order valence-corrected chi connectivity index (χ2v) is 8.65. The maximum Gasteiger partial charge on any atom is 0.335 e. The minimum absolute atomic E-state index is 0.178. The number of ether oxygens (including phenoxy) is 1. The second kappa shape index (κ2) is 10.1. The van der Waals surface area contributed by atoms with E-state index in [1.54, 1.807) is 43.6 Å². The lowest BCUT2D eigenvalue weighted by molar-refractivity contribution is -0.0444. The van der Waals surface area contributed by atoms with E-state index in [4.69, 9.17) is 9.84 Å². The number of carbonyl (C=O) groups is 1. The van der Waals surface area contributed by atoms with Gasteiger partial charge in [0.2, 0.25) is 0 Å². The van der Waals surface area contributed by atoms with Gasteiger partial charge in [0.25, 0.3) is 0 Å². The van der Waals surface area contributed by atoms with Crippen molar-refractivity contribution in [3.05, 3.63) is 84.6 Å². The van der Waals surface area contributed by atoms with Gasteiger partial charge in [0.15, 0.2) is 0 Å². The Bertz CT molecular complexity index is 1120. The molecule has 172 valence electrons. The topological polar surface area (TPSA) is 82.9 Å². The quantitative estimate of drug-likeness (QED) is 0.559. The molecule has 33 heavy (non-hydrogen) atoms. The second-order valence-electron chi connectivity index (χ2n) is 8.65. The molecule has 3 saturated heterocycles. The number of aliphatic hydroxyl groups is 1. The SMILES string of the molecule is C=C[C@H]1C[N@]2CC[C@H]1C[C@H]2[C@H](O)c1ccnc2ccc(OC)cc12.O=C(O)c1ccccc1. The van der Waals surface area contributed by atoms with Crippen LogP contribution in [0.5, 0.6) is 5.75 Å². The Balaban J connectivity index is 0.000000243. The molecule has 1 aromatic heterocycles. The van der Waals surface area contributed by atoms with Crippen molar-refractivity contribution in [2.24, 2.45) is 11.8 Å². The van der Waals surface area contributed by atoms with Gasteiger partial charge in [-0.3, -0.25) is 9.88 Å². The predicted octanol–water partition coefficient (Wildman–Crippen LogP) is 4.56. The molecule has 2 N–H and O–H groups in total. The van der Waals surface area contributed by atoms with Crippen LogP contribution in [0.4, 0.5) is 0 Å². The van der Waals surface area contributed by atoms with Crippen LogP contribution in [0.1, 0.15) is 34.9 Å². The number of carboxylic acid groups (broad SMARTS) is 1. The number of benzene rings is 2. The van der Waals surface area contributed by atoms with Crippen LogP contribution in [0.3, 0.4) is 0 Å². The molecule has 5 atom stereocenters. The Morgan fingerprint density at radius 2 is 2.03 bits per heavy atom. The van der Waals surface area contributed by atoms with Crippen molar-refractivity contribution in [3.63, 3.8) is 0 Å². The normalized spacial score (nSPS) is 24.4. The van der Waals surface area contributed by atoms with Crippen molar-refractivity contribution in [1.82, 2.24) is 9.88 Å². The molecule has 0 spiro atoms. The molecule has 0 saturated carbocycles. The van der Waals surface area contributed by atoms with Gasteiger partial charge < -0.3 is 14.9 Å². The summed E-state index contributed by atoms with van der Waals surface area (Å²) in [5.74, 6) is 1.13. The van der Waals surface area contributed by atoms with Crippen LogP contribution in [0.2, 0.25) is 0 Å². The minimum Gasteiger partial charge on any atom is -0.497 e. The van der Waals surface area contributed by atoms with Gasteiger partial charge in [-0.05, 0) is 73.2 Å². The van der Waals surface area contributed by atoms with Crippen LogP contribution in [0.15, 0.2) is 73.4 Å². The molecule has 6 heteroatoms. The van der Waals surface area contributed by atoms with Gasteiger partial charge in [-0.2, -0.15) is 0 Å². The van der Waals surface area contributed by atoms with Crippen LogP contribution in [-0.4, -0.2) is 52.3 Å². The van der Waals surface area contributed by atoms with Crippen molar-refractivity contribution in [2.45, 2.75) is 25.0 Å². The highest BCUT2D eigenvalue weighted by Crippen LogP contribution is 2.42. The standard InChI is InChI=1S/C20H24N2O2.C7H6O2/c1-3-13-12-22-9-7-14(13)10-19(22)20(23)16-6-8-21-18-5-4-15(24-2)11-17(16)18;8-7(9)6-4-2-1-3-5-6/h3-6,8,11,13-14,19-20,23H,1,7,9-10,12H2,2H3;1-5H,(H,8,9)/t13-,14-,19-,20+;/m0./s1. The van der Waals surface area contributed by atoms with E-state index in [2.05, 4.69) is 22.5 Å². The molecule has 6 rings (SSSR count). The Morgan fingerprint density at radius 1 is 1.24 bits per heavy atom. The van der Waals surface area contributed by atoms with Crippen LogP contribution in [-0.2, 0) is 0 Å². The average Bonchev–Trinajstić information content (AvgIpc) is 2.88. The summed E-state index contributed by atoms with van der Waals surface area (Å²) < 4.78 is 5.35. The van der Waals surface area contributed by atoms with Gasteiger partial charge in [-0.25, -0.2) is 4.79 Å². The maximum absolute atomic E-state index is 11.2. The summed E-state index contributed by atoms with van der Waals surface area (Å²) in [5, 5.41) is 20.5. The van der Waals surface area contributed by atoms with Gasteiger partial charge in [-0.1, -0.05) is 24.3 Å². The first-order chi connectivity index (χ1) is 16.0. The van der Waals surface area contributed by atoms with E-state index in [9.17, 15) is 9.90 Å². The first-order valence-corrected chi connectivity index (χ1v) is 11.3. The lowest BCUT2D eigenvalue weighted by Gasteiger charge is -2.50. The lowest BCUT2D eigenvalue weighted by atomic mass is 9.73. The fraction of sp³-hybridized carbons (Fsp3) is 0.333. The molecular formula is C27H30N2O4. The number of pyridine rings is 1. The molecule has 3 aliphatic heterocycles. The van der Waals surface area contributed by atoms with Gasteiger partial charge in [-0.15, -0.1) is 6.58 Å². The summed E-state index contributed by atoms with van der Waals surface area (Å²) >= 11 is 0. The molecule has 2 bridgehead atoms. The van der Waals surface area contributed by atoms with E-state index in [0.29, 0.717) is 17.4 Å². The van der Waals surface area contributed by atoms with E-state index in [1.807, 2.05) is 24.3 Å².